The Balaban J connectivity index is -0.000000405. The van der Waals surface area contributed by atoms with Gasteiger partial charge in [0.25, 0.3) is 0 Å². The molecule has 0 amide bonds. The molecule has 0 radical (unpaired) electrons. The third-order valence-electron chi connectivity index (χ3n) is 1.68. The lowest BCUT2D eigenvalue weighted by Gasteiger charge is -1.95. The summed E-state index contributed by atoms with van der Waals surface area (Å²) in [5.41, 5.74) is 0. The molecule has 0 aromatic heterocycles. The third-order valence-corrected chi connectivity index (χ3v) is 1.68. The molecule has 0 atom stereocenters. The van der Waals surface area contributed by atoms with Crippen LogP contribution in [0, 0.1) is 0 Å². The second-order valence-corrected chi connectivity index (χ2v) is 2.72. The normalized spacial score (nSPS) is 8.08. The van der Waals surface area contributed by atoms with E-state index >= 15 is 0 Å². The first-order chi connectivity index (χ1) is 4.91. The van der Waals surface area contributed by atoms with Gasteiger partial charge in [-0.1, -0.05) is 39.0 Å². The van der Waals surface area contributed by atoms with Gasteiger partial charge >= 0.3 is 0 Å². The highest BCUT2D eigenvalue weighted by atomic mass is 35.5. The fourth-order valence-corrected chi connectivity index (χ4v) is 1.01. The Bertz CT molecular complexity index is 76.9. The van der Waals surface area contributed by atoms with Crippen molar-refractivity contribution in [2.45, 2.75) is 51.9 Å². The summed E-state index contributed by atoms with van der Waals surface area (Å²) >= 11 is 0. The molecule has 0 bridgehead atoms. The largest absolute Gasteiger partial charge is 0.303 e. The van der Waals surface area contributed by atoms with E-state index in [1.807, 2.05) is 0 Å². The summed E-state index contributed by atoms with van der Waals surface area (Å²) in [6, 6.07) is 0. The molecular weight excluding hydrogens is 195 g/mol. The van der Waals surface area contributed by atoms with E-state index in [-0.39, 0.29) is 24.8 Å². The summed E-state index contributed by atoms with van der Waals surface area (Å²) in [6.45, 7) is 2.21. The minimum atomic E-state index is 0. The molecule has 0 aliphatic heterocycles. The molecule has 76 valence electrons. The van der Waals surface area contributed by atoms with Gasteiger partial charge in [0.15, 0.2) is 0 Å². The molecular formula is C9H20Cl2O. The van der Waals surface area contributed by atoms with Crippen LogP contribution in [0.5, 0.6) is 0 Å². The van der Waals surface area contributed by atoms with Gasteiger partial charge in [-0.25, -0.2) is 0 Å². The molecule has 0 heterocycles. The van der Waals surface area contributed by atoms with Crippen LogP contribution in [0.2, 0.25) is 0 Å². The monoisotopic (exact) mass is 214 g/mol. The Labute approximate surface area is 88.1 Å². The molecule has 0 spiro atoms. The van der Waals surface area contributed by atoms with E-state index in [4.69, 9.17) is 0 Å². The summed E-state index contributed by atoms with van der Waals surface area (Å²) in [5.74, 6) is 0. The zero-order valence-electron chi connectivity index (χ0n) is 7.75. The number of rotatable bonds is 7. The van der Waals surface area contributed by atoms with Gasteiger partial charge in [-0.15, -0.1) is 24.8 Å². The Kier molecular flexibility index (Phi) is 26.2. The van der Waals surface area contributed by atoms with Crippen LogP contribution in [0.25, 0.3) is 0 Å². The number of aldehydes is 1. The molecule has 0 unspecified atom stereocenters. The summed E-state index contributed by atoms with van der Waals surface area (Å²) < 4.78 is 0. The maximum Gasteiger partial charge on any atom is 0.119 e. The molecule has 0 aliphatic rings. The molecule has 0 saturated heterocycles. The summed E-state index contributed by atoms with van der Waals surface area (Å²) in [6.07, 6.45) is 9.39. The molecule has 3 heteroatoms. The highest BCUT2D eigenvalue weighted by Crippen LogP contribution is 2.05. The van der Waals surface area contributed by atoms with Gasteiger partial charge in [-0.05, 0) is 6.42 Å². The van der Waals surface area contributed by atoms with Crippen LogP contribution in [0.1, 0.15) is 51.9 Å². The highest BCUT2D eigenvalue weighted by Gasteiger charge is 1.87. The lowest BCUT2D eigenvalue weighted by atomic mass is 10.1. The molecule has 0 N–H and O–H groups in total. The van der Waals surface area contributed by atoms with Crippen molar-refractivity contribution in [2.24, 2.45) is 0 Å². The van der Waals surface area contributed by atoms with E-state index < -0.39 is 0 Å². The molecule has 0 aliphatic carbocycles. The quantitative estimate of drug-likeness (QED) is 0.466. The van der Waals surface area contributed by atoms with Crippen LogP contribution in [0.4, 0.5) is 0 Å². The van der Waals surface area contributed by atoms with E-state index in [1.54, 1.807) is 0 Å². The van der Waals surface area contributed by atoms with Crippen molar-refractivity contribution in [2.75, 3.05) is 0 Å². The average Bonchev–Trinajstić information content (AvgIpc) is 1.97. The average molecular weight is 215 g/mol. The van der Waals surface area contributed by atoms with E-state index in [2.05, 4.69) is 6.92 Å². The zero-order chi connectivity index (χ0) is 7.66. The van der Waals surface area contributed by atoms with Gasteiger partial charge in [-0.3, -0.25) is 0 Å². The highest BCUT2D eigenvalue weighted by molar-refractivity contribution is 5.85. The Morgan fingerprint density at radius 1 is 0.917 bits per heavy atom. The van der Waals surface area contributed by atoms with Crippen molar-refractivity contribution in [3.8, 4) is 0 Å². The first-order valence-corrected chi connectivity index (χ1v) is 4.35. The van der Waals surface area contributed by atoms with E-state index in [0.717, 1.165) is 19.1 Å². The van der Waals surface area contributed by atoms with Crippen molar-refractivity contribution < 1.29 is 4.79 Å². The van der Waals surface area contributed by atoms with Gasteiger partial charge < -0.3 is 4.79 Å². The number of unbranched alkanes of at least 4 members (excludes halogenated alkanes) is 6. The van der Waals surface area contributed by atoms with Gasteiger partial charge in [-0.2, -0.15) is 0 Å². The van der Waals surface area contributed by atoms with Crippen molar-refractivity contribution in [3.05, 3.63) is 0 Å². The summed E-state index contributed by atoms with van der Waals surface area (Å²) in [5, 5.41) is 0. The Morgan fingerprint density at radius 3 is 1.92 bits per heavy atom. The molecule has 12 heavy (non-hydrogen) atoms. The molecule has 0 rings (SSSR count). The van der Waals surface area contributed by atoms with Gasteiger partial charge in [0.2, 0.25) is 0 Å². The van der Waals surface area contributed by atoms with Crippen molar-refractivity contribution in [1.29, 1.82) is 0 Å². The topological polar surface area (TPSA) is 17.1 Å². The summed E-state index contributed by atoms with van der Waals surface area (Å²) in [4.78, 5) is 9.89. The van der Waals surface area contributed by atoms with Crippen molar-refractivity contribution in [1.82, 2.24) is 0 Å². The lowest BCUT2D eigenvalue weighted by molar-refractivity contribution is -0.107. The Hall–Kier alpha value is 0.250. The Morgan fingerprint density at radius 2 is 1.42 bits per heavy atom. The van der Waals surface area contributed by atoms with Crippen LogP contribution in [-0.2, 0) is 4.79 Å². The predicted molar refractivity (Wildman–Crippen MR) is 58.6 cm³/mol. The van der Waals surface area contributed by atoms with Gasteiger partial charge in [0.1, 0.15) is 6.29 Å². The maximum absolute atomic E-state index is 9.89. The fourth-order valence-electron chi connectivity index (χ4n) is 1.01. The smallest absolute Gasteiger partial charge is 0.119 e. The predicted octanol–water partition coefficient (Wildman–Crippen LogP) is 3.78. The van der Waals surface area contributed by atoms with E-state index in [1.165, 1.54) is 32.1 Å². The standard InChI is InChI=1S/C9H18O.2ClH/c1-2-3-4-5-6-7-8-9-10;;/h9H,2-8H2,1H3;2*1H. The SMILES string of the molecule is CCCCCCCCC=O.Cl.Cl. The van der Waals surface area contributed by atoms with Gasteiger partial charge in [0, 0.05) is 6.42 Å². The minimum absolute atomic E-state index is 0. The van der Waals surface area contributed by atoms with Crippen LogP contribution < -0.4 is 0 Å². The van der Waals surface area contributed by atoms with Crippen molar-refractivity contribution in [3.63, 3.8) is 0 Å². The third kappa shape index (κ3) is 16.7. The molecule has 1 nitrogen and oxygen atoms in total. The number of hydrogen-bond donors (Lipinski definition) is 0. The van der Waals surface area contributed by atoms with E-state index in [0.29, 0.717) is 0 Å². The van der Waals surface area contributed by atoms with Gasteiger partial charge in [0.05, 0.1) is 0 Å². The number of hydrogen-bond acceptors (Lipinski definition) is 1. The first kappa shape index (κ1) is 18.1. The fraction of sp³-hybridized carbons (Fsp3) is 0.889. The second kappa shape index (κ2) is 17.4. The molecule has 0 fully saturated rings. The molecule has 0 saturated carbocycles. The maximum atomic E-state index is 9.89. The molecule has 0 aromatic rings. The first-order valence-electron chi connectivity index (χ1n) is 4.35. The second-order valence-electron chi connectivity index (χ2n) is 2.72. The van der Waals surface area contributed by atoms with Crippen LogP contribution >= 0.6 is 24.8 Å². The number of carbonyl (C=O) groups excluding carboxylic acids is 1. The molecule has 0 aromatic carbocycles. The van der Waals surface area contributed by atoms with Crippen LogP contribution in [-0.4, -0.2) is 6.29 Å². The zero-order valence-corrected chi connectivity index (χ0v) is 9.38. The summed E-state index contributed by atoms with van der Waals surface area (Å²) in [7, 11) is 0. The van der Waals surface area contributed by atoms with Crippen LogP contribution in [0.15, 0.2) is 0 Å². The number of halogens is 2. The van der Waals surface area contributed by atoms with Crippen molar-refractivity contribution >= 4 is 31.1 Å². The number of carbonyl (C=O) groups is 1. The van der Waals surface area contributed by atoms with Crippen LogP contribution in [0.3, 0.4) is 0 Å². The lowest BCUT2D eigenvalue weighted by Crippen LogP contribution is -1.79. The van der Waals surface area contributed by atoms with E-state index in [9.17, 15) is 4.79 Å². The minimum Gasteiger partial charge on any atom is -0.303 e.